The lowest BCUT2D eigenvalue weighted by Gasteiger charge is -1.99. The van der Waals surface area contributed by atoms with Crippen LogP contribution in [0.4, 0.5) is 4.39 Å². The first-order chi connectivity index (χ1) is 5.70. The predicted octanol–water partition coefficient (Wildman–Crippen LogP) is 2.54. The van der Waals surface area contributed by atoms with E-state index >= 15 is 0 Å². The first kappa shape index (κ1) is 7.73. The molecule has 0 aliphatic heterocycles. The highest BCUT2D eigenvalue weighted by Crippen LogP contribution is 2.22. The fourth-order valence-electron chi connectivity index (χ4n) is 1.18. The average Bonchev–Trinajstić information content (AvgIpc) is 2.41. The molecule has 0 atom stereocenters. The smallest absolute Gasteiger partial charge is 0.129 e. The fourth-order valence-corrected chi connectivity index (χ4v) is 1.75. The fraction of sp³-hybridized carbons (Fsp3) is 0.125. The highest BCUT2D eigenvalue weighted by Gasteiger charge is 2.07. The number of nitrogens with zero attached hydrogens (tertiary/aromatic N) is 2. The predicted molar refractivity (Wildman–Crippen MR) is 47.6 cm³/mol. The van der Waals surface area contributed by atoms with E-state index < -0.39 is 0 Å². The number of hydrogen-bond donors (Lipinski definition) is 0. The Morgan fingerprint density at radius 2 is 2.33 bits per heavy atom. The molecule has 12 heavy (non-hydrogen) atoms. The molecule has 0 saturated carbocycles. The van der Waals surface area contributed by atoms with Crippen LogP contribution in [0.3, 0.4) is 0 Å². The first-order valence-electron chi connectivity index (χ1n) is 3.48. The van der Waals surface area contributed by atoms with Crippen molar-refractivity contribution >= 4 is 21.4 Å². The molecule has 0 aliphatic rings. The van der Waals surface area contributed by atoms with E-state index in [1.807, 2.05) is 0 Å². The summed E-state index contributed by atoms with van der Waals surface area (Å²) < 4.78 is 15.5. The maximum Gasteiger partial charge on any atom is 0.129 e. The van der Waals surface area contributed by atoms with Crippen LogP contribution in [0.5, 0.6) is 0 Å². The van der Waals surface area contributed by atoms with Gasteiger partial charge in [0.15, 0.2) is 0 Å². The van der Waals surface area contributed by atoms with E-state index in [9.17, 15) is 4.39 Å². The van der Waals surface area contributed by atoms with Crippen molar-refractivity contribution in [2.75, 3.05) is 0 Å². The lowest BCUT2D eigenvalue weighted by atomic mass is 10.2. The van der Waals surface area contributed by atoms with Crippen LogP contribution in [0.1, 0.15) is 5.56 Å². The number of hydrogen-bond acceptors (Lipinski definition) is 1. The molecule has 4 heteroatoms. The van der Waals surface area contributed by atoms with E-state index in [0.29, 0.717) is 5.56 Å². The van der Waals surface area contributed by atoms with E-state index in [1.165, 1.54) is 6.07 Å². The molecular formula is C8H6BrFN2. The quantitative estimate of drug-likeness (QED) is 0.678. The highest BCUT2D eigenvalue weighted by atomic mass is 79.9. The van der Waals surface area contributed by atoms with Gasteiger partial charge in [-0.05, 0) is 28.9 Å². The standard InChI is InChI=1S/C8H6BrFN2/c1-5-7(10)2-3-12-8(5)6(9)4-11-12/h2-4H,1H3. The Bertz CT molecular complexity index is 436. The Labute approximate surface area is 77.1 Å². The summed E-state index contributed by atoms with van der Waals surface area (Å²) >= 11 is 3.30. The summed E-state index contributed by atoms with van der Waals surface area (Å²) in [6.45, 7) is 1.73. The van der Waals surface area contributed by atoms with Gasteiger partial charge in [-0.1, -0.05) is 0 Å². The summed E-state index contributed by atoms with van der Waals surface area (Å²) in [6.07, 6.45) is 3.25. The number of rotatable bonds is 0. The van der Waals surface area contributed by atoms with E-state index in [0.717, 1.165) is 9.99 Å². The zero-order valence-electron chi connectivity index (χ0n) is 6.38. The van der Waals surface area contributed by atoms with Gasteiger partial charge in [0.25, 0.3) is 0 Å². The van der Waals surface area contributed by atoms with Crippen molar-refractivity contribution in [2.45, 2.75) is 6.92 Å². The van der Waals surface area contributed by atoms with Crippen LogP contribution in [0.2, 0.25) is 0 Å². The van der Waals surface area contributed by atoms with Crippen molar-refractivity contribution < 1.29 is 4.39 Å². The number of halogens is 2. The summed E-state index contributed by atoms with van der Waals surface area (Å²) in [5, 5.41) is 4.02. The highest BCUT2D eigenvalue weighted by molar-refractivity contribution is 9.10. The lowest BCUT2D eigenvalue weighted by molar-refractivity contribution is 0.616. The second-order valence-corrected chi connectivity index (χ2v) is 3.43. The Morgan fingerprint density at radius 1 is 1.58 bits per heavy atom. The van der Waals surface area contributed by atoms with Crippen LogP contribution >= 0.6 is 15.9 Å². The molecule has 0 saturated heterocycles. The minimum absolute atomic E-state index is 0.205. The van der Waals surface area contributed by atoms with Crippen molar-refractivity contribution in [3.05, 3.63) is 34.3 Å². The number of aromatic nitrogens is 2. The molecule has 0 amide bonds. The van der Waals surface area contributed by atoms with Crippen LogP contribution in [0.15, 0.2) is 22.9 Å². The Balaban J connectivity index is 2.96. The molecule has 0 aliphatic carbocycles. The lowest BCUT2D eigenvalue weighted by Crippen LogP contribution is -1.91. The van der Waals surface area contributed by atoms with Gasteiger partial charge >= 0.3 is 0 Å². The molecule has 0 fully saturated rings. The molecule has 62 valence electrons. The van der Waals surface area contributed by atoms with Crippen LogP contribution in [-0.4, -0.2) is 9.61 Å². The number of aryl methyl sites for hydroxylation is 1. The largest absolute Gasteiger partial charge is 0.239 e. The Kier molecular flexibility index (Phi) is 1.65. The zero-order chi connectivity index (χ0) is 8.72. The number of fused-ring (bicyclic) bond motifs is 1. The molecule has 2 nitrogen and oxygen atoms in total. The van der Waals surface area contributed by atoms with E-state index in [-0.39, 0.29) is 5.82 Å². The normalized spacial score (nSPS) is 10.9. The van der Waals surface area contributed by atoms with Gasteiger partial charge in [0.1, 0.15) is 5.82 Å². The molecule has 0 bridgehead atoms. The molecule has 0 aromatic carbocycles. The second-order valence-electron chi connectivity index (χ2n) is 2.57. The van der Waals surface area contributed by atoms with Crippen molar-refractivity contribution in [3.8, 4) is 0 Å². The molecule has 0 radical (unpaired) electrons. The van der Waals surface area contributed by atoms with Gasteiger partial charge in [0.05, 0.1) is 16.2 Å². The van der Waals surface area contributed by atoms with Crippen LogP contribution in [0, 0.1) is 12.7 Å². The molecule has 2 heterocycles. The van der Waals surface area contributed by atoms with Crippen molar-refractivity contribution in [1.82, 2.24) is 9.61 Å². The average molecular weight is 229 g/mol. The first-order valence-corrected chi connectivity index (χ1v) is 4.27. The number of pyridine rings is 1. The molecule has 2 aromatic heterocycles. The van der Waals surface area contributed by atoms with Crippen molar-refractivity contribution in [3.63, 3.8) is 0 Å². The van der Waals surface area contributed by atoms with Gasteiger partial charge in [-0.25, -0.2) is 8.91 Å². The van der Waals surface area contributed by atoms with E-state index in [2.05, 4.69) is 21.0 Å². The SMILES string of the molecule is Cc1c(F)ccn2ncc(Br)c12. The molecule has 0 N–H and O–H groups in total. The van der Waals surface area contributed by atoms with Gasteiger partial charge in [0.2, 0.25) is 0 Å². The van der Waals surface area contributed by atoms with Crippen molar-refractivity contribution in [2.24, 2.45) is 0 Å². The van der Waals surface area contributed by atoms with Crippen LogP contribution in [0.25, 0.3) is 5.52 Å². The van der Waals surface area contributed by atoms with Crippen molar-refractivity contribution in [1.29, 1.82) is 0 Å². The summed E-state index contributed by atoms with van der Waals surface area (Å²) in [6, 6.07) is 1.40. The second kappa shape index (κ2) is 2.55. The summed E-state index contributed by atoms with van der Waals surface area (Å²) in [4.78, 5) is 0. The van der Waals surface area contributed by atoms with Gasteiger partial charge < -0.3 is 0 Å². The molecule has 2 rings (SSSR count). The maximum absolute atomic E-state index is 13.0. The monoisotopic (exact) mass is 228 g/mol. The van der Waals surface area contributed by atoms with Gasteiger partial charge in [0, 0.05) is 11.8 Å². The minimum Gasteiger partial charge on any atom is -0.239 e. The van der Waals surface area contributed by atoms with Crippen LogP contribution < -0.4 is 0 Å². The maximum atomic E-state index is 13.0. The molecule has 2 aromatic rings. The van der Waals surface area contributed by atoms with Gasteiger partial charge in [-0.15, -0.1) is 0 Å². The van der Waals surface area contributed by atoms with Crippen LogP contribution in [-0.2, 0) is 0 Å². The zero-order valence-corrected chi connectivity index (χ0v) is 7.97. The Morgan fingerprint density at radius 3 is 3.08 bits per heavy atom. The minimum atomic E-state index is -0.205. The molecule has 0 spiro atoms. The summed E-state index contributed by atoms with van der Waals surface area (Å²) in [5.74, 6) is -0.205. The summed E-state index contributed by atoms with van der Waals surface area (Å²) in [7, 11) is 0. The third kappa shape index (κ3) is 0.948. The van der Waals surface area contributed by atoms with Gasteiger partial charge in [-0.3, -0.25) is 0 Å². The summed E-state index contributed by atoms with van der Waals surface area (Å²) in [5.41, 5.74) is 1.40. The van der Waals surface area contributed by atoms with E-state index in [1.54, 1.807) is 23.8 Å². The Hall–Kier alpha value is -0.900. The molecular weight excluding hydrogens is 223 g/mol. The topological polar surface area (TPSA) is 17.3 Å². The molecule has 0 unspecified atom stereocenters. The third-order valence-corrected chi connectivity index (χ3v) is 2.41. The van der Waals surface area contributed by atoms with Gasteiger partial charge in [-0.2, -0.15) is 5.10 Å². The third-order valence-electron chi connectivity index (χ3n) is 1.83. The van der Waals surface area contributed by atoms with E-state index in [4.69, 9.17) is 0 Å².